The largest absolute Gasteiger partial charge is 0.493 e. The fourth-order valence-corrected chi connectivity index (χ4v) is 2.98. The number of hydrogen-bond donors (Lipinski definition) is 1. The standard InChI is InChI=1S/C24H26N2O5/c1-16(26-17(2)27)14-29-23-13-25-24(31-23)19-8-10-20(11-9-19)30-22-5-3-4-21(12-22)28-15-18-6-7-18/h3-5,8-13,16,18H,6-7,14-15H2,1-2H3,(H,26,27)/t16-/m1/s1. The molecule has 0 aliphatic heterocycles. The van der Waals surface area contributed by atoms with Gasteiger partial charge >= 0.3 is 5.95 Å². The first kappa shape index (κ1) is 20.8. The average molecular weight is 422 g/mol. The Morgan fingerprint density at radius 2 is 1.90 bits per heavy atom. The molecule has 162 valence electrons. The van der Waals surface area contributed by atoms with Crippen LogP contribution in [0.25, 0.3) is 11.5 Å². The van der Waals surface area contributed by atoms with E-state index in [4.69, 9.17) is 18.6 Å². The highest BCUT2D eigenvalue weighted by atomic mass is 16.6. The molecule has 4 rings (SSSR count). The number of aromatic nitrogens is 1. The second-order valence-corrected chi connectivity index (χ2v) is 7.75. The molecule has 1 aliphatic carbocycles. The van der Waals surface area contributed by atoms with Crippen LogP contribution in [0.3, 0.4) is 0 Å². The normalized spacial score (nSPS) is 14.0. The summed E-state index contributed by atoms with van der Waals surface area (Å²) in [7, 11) is 0. The number of benzene rings is 2. The van der Waals surface area contributed by atoms with E-state index in [1.54, 1.807) is 0 Å². The van der Waals surface area contributed by atoms with Crippen molar-refractivity contribution in [3.8, 4) is 34.6 Å². The Hall–Kier alpha value is -3.48. The van der Waals surface area contributed by atoms with Crippen molar-refractivity contribution in [2.24, 2.45) is 5.92 Å². The Balaban J connectivity index is 1.32. The first-order valence-electron chi connectivity index (χ1n) is 10.4. The van der Waals surface area contributed by atoms with Gasteiger partial charge in [0.2, 0.25) is 11.8 Å². The van der Waals surface area contributed by atoms with E-state index in [9.17, 15) is 4.79 Å². The minimum absolute atomic E-state index is 0.103. The van der Waals surface area contributed by atoms with Gasteiger partial charge in [0.1, 0.15) is 30.1 Å². The number of nitrogens with one attached hydrogen (secondary N) is 1. The van der Waals surface area contributed by atoms with E-state index in [1.165, 1.54) is 26.0 Å². The second-order valence-electron chi connectivity index (χ2n) is 7.75. The zero-order chi connectivity index (χ0) is 21.6. The van der Waals surface area contributed by atoms with Crippen LogP contribution in [-0.2, 0) is 4.79 Å². The predicted molar refractivity (Wildman–Crippen MR) is 115 cm³/mol. The Morgan fingerprint density at radius 3 is 2.65 bits per heavy atom. The van der Waals surface area contributed by atoms with Crippen molar-refractivity contribution in [1.29, 1.82) is 0 Å². The van der Waals surface area contributed by atoms with Crippen LogP contribution >= 0.6 is 0 Å². The first-order valence-corrected chi connectivity index (χ1v) is 10.4. The molecule has 1 saturated carbocycles. The molecule has 2 aromatic carbocycles. The maximum Gasteiger partial charge on any atom is 0.305 e. The highest BCUT2D eigenvalue weighted by Gasteiger charge is 2.21. The van der Waals surface area contributed by atoms with Gasteiger partial charge < -0.3 is 23.9 Å². The molecule has 31 heavy (non-hydrogen) atoms. The number of oxazole rings is 1. The summed E-state index contributed by atoms with van der Waals surface area (Å²) in [6.07, 6.45) is 4.04. The second kappa shape index (κ2) is 9.55. The molecule has 7 heteroatoms. The summed E-state index contributed by atoms with van der Waals surface area (Å²) in [5.74, 6) is 3.60. The SMILES string of the molecule is CC(=O)N[C@H](C)COc1cnc(-c2ccc(Oc3cccc(OCC4CC4)c3)cc2)o1. The zero-order valence-electron chi connectivity index (χ0n) is 17.7. The molecule has 0 bridgehead atoms. The Labute approximate surface area is 181 Å². The van der Waals surface area contributed by atoms with E-state index in [2.05, 4.69) is 10.3 Å². The fraction of sp³-hybridized carbons (Fsp3) is 0.333. The molecule has 1 N–H and O–H groups in total. The summed E-state index contributed by atoms with van der Waals surface area (Å²) in [6.45, 7) is 4.39. The van der Waals surface area contributed by atoms with Crippen LogP contribution in [0.5, 0.6) is 23.2 Å². The topological polar surface area (TPSA) is 82.8 Å². The lowest BCUT2D eigenvalue weighted by Gasteiger charge is -2.11. The van der Waals surface area contributed by atoms with Crippen LogP contribution in [-0.4, -0.2) is 30.1 Å². The number of ether oxygens (including phenoxy) is 3. The average Bonchev–Trinajstić information content (AvgIpc) is 3.47. The van der Waals surface area contributed by atoms with Crippen molar-refractivity contribution >= 4 is 5.91 Å². The van der Waals surface area contributed by atoms with Crippen molar-refractivity contribution in [1.82, 2.24) is 10.3 Å². The molecule has 1 heterocycles. The van der Waals surface area contributed by atoms with Crippen LogP contribution in [0.1, 0.15) is 26.7 Å². The van der Waals surface area contributed by atoms with E-state index in [1.807, 2.05) is 55.5 Å². The van der Waals surface area contributed by atoms with Crippen LogP contribution < -0.4 is 19.5 Å². The fourth-order valence-electron chi connectivity index (χ4n) is 2.98. The summed E-state index contributed by atoms with van der Waals surface area (Å²) < 4.78 is 22.9. The molecule has 3 aromatic rings. The lowest BCUT2D eigenvalue weighted by atomic mass is 10.2. The van der Waals surface area contributed by atoms with Gasteiger partial charge in [0.25, 0.3) is 0 Å². The van der Waals surface area contributed by atoms with Gasteiger partial charge in [0.15, 0.2) is 0 Å². The number of nitrogens with zero attached hydrogens (tertiary/aromatic N) is 1. The van der Waals surface area contributed by atoms with Gasteiger partial charge in [0, 0.05) is 18.6 Å². The Bertz CT molecular complexity index is 1010. The van der Waals surface area contributed by atoms with Gasteiger partial charge in [-0.05, 0) is 62.1 Å². The van der Waals surface area contributed by atoms with E-state index in [-0.39, 0.29) is 11.9 Å². The molecule has 1 fully saturated rings. The van der Waals surface area contributed by atoms with Crippen molar-refractivity contribution in [2.45, 2.75) is 32.7 Å². The Kier molecular flexibility index (Phi) is 6.40. The molecule has 1 aliphatic rings. The van der Waals surface area contributed by atoms with Crippen molar-refractivity contribution < 1.29 is 23.4 Å². The molecule has 0 spiro atoms. The highest BCUT2D eigenvalue weighted by Crippen LogP contribution is 2.31. The third kappa shape index (κ3) is 6.25. The van der Waals surface area contributed by atoms with E-state index < -0.39 is 0 Å². The van der Waals surface area contributed by atoms with Gasteiger partial charge in [0.05, 0.1) is 12.6 Å². The maximum absolute atomic E-state index is 11.1. The van der Waals surface area contributed by atoms with Crippen molar-refractivity contribution in [2.75, 3.05) is 13.2 Å². The molecule has 1 amide bonds. The molecule has 1 aromatic heterocycles. The van der Waals surface area contributed by atoms with E-state index >= 15 is 0 Å². The van der Waals surface area contributed by atoms with E-state index in [0.717, 1.165) is 23.7 Å². The molecule has 0 radical (unpaired) electrons. The Morgan fingerprint density at radius 1 is 1.13 bits per heavy atom. The number of hydrogen-bond acceptors (Lipinski definition) is 6. The van der Waals surface area contributed by atoms with E-state index in [0.29, 0.717) is 30.1 Å². The summed E-state index contributed by atoms with van der Waals surface area (Å²) in [4.78, 5) is 15.3. The number of carbonyl (C=O) groups excluding carboxylic acids is 1. The van der Waals surface area contributed by atoms with Crippen LogP contribution in [0.15, 0.2) is 59.1 Å². The minimum Gasteiger partial charge on any atom is -0.493 e. The molecule has 0 unspecified atom stereocenters. The van der Waals surface area contributed by atoms with Gasteiger partial charge in [-0.25, -0.2) is 4.98 Å². The first-order chi connectivity index (χ1) is 15.0. The number of amides is 1. The van der Waals surface area contributed by atoms with Gasteiger partial charge in [-0.3, -0.25) is 4.79 Å². The monoisotopic (exact) mass is 422 g/mol. The van der Waals surface area contributed by atoms with Crippen molar-refractivity contribution in [3.63, 3.8) is 0 Å². The molecule has 7 nitrogen and oxygen atoms in total. The summed E-state index contributed by atoms with van der Waals surface area (Å²) in [5.41, 5.74) is 0.804. The van der Waals surface area contributed by atoms with Crippen LogP contribution in [0.4, 0.5) is 0 Å². The van der Waals surface area contributed by atoms with Crippen molar-refractivity contribution in [3.05, 3.63) is 54.7 Å². The van der Waals surface area contributed by atoms with Gasteiger partial charge in [-0.15, -0.1) is 0 Å². The summed E-state index contributed by atoms with van der Waals surface area (Å²) in [5, 5.41) is 2.75. The molecule has 0 saturated heterocycles. The lowest BCUT2D eigenvalue weighted by molar-refractivity contribution is -0.119. The lowest BCUT2D eigenvalue weighted by Crippen LogP contribution is -2.35. The molecular weight excluding hydrogens is 396 g/mol. The summed E-state index contributed by atoms with van der Waals surface area (Å²) in [6, 6.07) is 15.0. The third-order valence-corrected chi connectivity index (χ3v) is 4.73. The van der Waals surface area contributed by atoms with Gasteiger partial charge in [-0.1, -0.05) is 6.07 Å². The molecule has 1 atom stereocenters. The van der Waals surface area contributed by atoms with Crippen LogP contribution in [0.2, 0.25) is 0 Å². The minimum atomic E-state index is -0.125. The number of rotatable bonds is 10. The molecular formula is C24H26N2O5. The number of carbonyl (C=O) groups is 1. The maximum atomic E-state index is 11.1. The highest BCUT2D eigenvalue weighted by molar-refractivity contribution is 5.73. The summed E-state index contributed by atoms with van der Waals surface area (Å²) >= 11 is 0. The smallest absolute Gasteiger partial charge is 0.305 e. The quantitative estimate of drug-likeness (QED) is 0.504. The predicted octanol–water partition coefficient (Wildman–Crippen LogP) is 4.83. The third-order valence-electron chi connectivity index (χ3n) is 4.73. The van der Waals surface area contributed by atoms with Gasteiger partial charge in [-0.2, -0.15) is 0 Å². The van der Waals surface area contributed by atoms with Crippen LogP contribution in [0, 0.1) is 5.92 Å². The zero-order valence-corrected chi connectivity index (χ0v) is 17.7.